The number of pyridine rings is 1. The molecule has 0 radical (unpaired) electrons. The first-order valence-corrected chi connectivity index (χ1v) is 9.77. The van der Waals surface area contributed by atoms with Gasteiger partial charge in [0, 0.05) is 48.5 Å². The molecule has 4 rings (SSSR count). The van der Waals surface area contributed by atoms with Gasteiger partial charge in [-0.3, -0.25) is 19.7 Å². The number of rotatable bonds is 4. The summed E-state index contributed by atoms with van der Waals surface area (Å²) in [6.45, 7) is 0.781. The Morgan fingerprint density at radius 3 is 2.87 bits per heavy atom. The number of aromatic amines is 1. The maximum Gasteiger partial charge on any atom is 0.270 e. The first kappa shape index (κ1) is 19.8. The molecule has 1 aliphatic rings. The second-order valence-electron chi connectivity index (χ2n) is 7.13. The number of aromatic nitrogens is 2. The van der Waals surface area contributed by atoms with Gasteiger partial charge in [-0.1, -0.05) is 11.6 Å². The quantitative estimate of drug-likeness (QED) is 0.486. The minimum atomic E-state index is -0.493. The van der Waals surface area contributed by atoms with Crippen molar-refractivity contribution >= 4 is 45.8 Å². The number of piperidine rings is 1. The summed E-state index contributed by atoms with van der Waals surface area (Å²) in [5.41, 5.74) is 0.917. The van der Waals surface area contributed by atoms with Gasteiger partial charge in [0.15, 0.2) is 0 Å². The lowest BCUT2D eigenvalue weighted by Crippen LogP contribution is -2.43. The highest BCUT2D eigenvalue weighted by molar-refractivity contribution is 6.30. The average Bonchev–Trinajstić information content (AvgIpc) is 3.18. The summed E-state index contributed by atoms with van der Waals surface area (Å²) >= 11 is 5.81. The van der Waals surface area contributed by atoms with E-state index in [0.717, 1.165) is 0 Å². The van der Waals surface area contributed by atoms with E-state index in [0.29, 0.717) is 46.7 Å². The number of carbonyl (C=O) groups excluding carboxylic acids is 2. The Morgan fingerprint density at radius 2 is 2.13 bits per heavy atom. The zero-order valence-electron chi connectivity index (χ0n) is 15.8. The van der Waals surface area contributed by atoms with Crippen molar-refractivity contribution in [2.45, 2.75) is 12.8 Å². The van der Waals surface area contributed by atoms with E-state index >= 15 is 0 Å². The van der Waals surface area contributed by atoms with Gasteiger partial charge in [0.1, 0.15) is 5.82 Å². The highest BCUT2D eigenvalue weighted by Gasteiger charge is 2.30. The van der Waals surface area contributed by atoms with Gasteiger partial charge in [-0.05, 0) is 31.0 Å². The zero-order valence-corrected chi connectivity index (χ0v) is 16.6. The molecule has 0 spiro atoms. The van der Waals surface area contributed by atoms with Crippen molar-refractivity contribution in [1.82, 2.24) is 14.9 Å². The molecule has 0 aliphatic carbocycles. The maximum atomic E-state index is 13.1. The van der Waals surface area contributed by atoms with Gasteiger partial charge in [0.2, 0.25) is 5.91 Å². The van der Waals surface area contributed by atoms with Crippen LogP contribution in [0.3, 0.4) is 0 Å². The van der Waals surface area contributed by atoms with E-state index in [9.17, 15) is 19.7 Å². The fourth-order valence-corrected chi connectivity index (χ4v) is 3.73. The number of hydrogen-bond acceptors (Lipinski definition) is 5. The van der Waals surface area contributed by atoms with Crippen LogP contribution in [-0.2, 0) is 4.79 Å². The lowest BCUT2D eigenvalue weighted by atomic mass is 9.96. The molecule has 1 saturated heterocycles. The number of non-ortho nitro benzene ring substituents is 1. The second kappa shape index (κ2) is 8.11. The van der Waals surface area contributed by atoms with Gasteiger partial charge in [0.05, 0.1) is 21.4 Å². The topological polar surface area (TPSA) is 121 Å². The fourth-order valence-electron chi connectivity index (χ4n) is 3.62. The third-order valence-electron chi connectivity index (χ3n) is 5.16. The summed E-state index contributed by atoms with van der Waals surface area (Å²) in [7, 11) is 0. The first-order chi connectivity index (χ1) is 14.4. The average molecular weight is 428 g/mol. The molecule has 1 unspecified atom stereocenters. The SMILES string of the molecule is O=C(Nc1ccc(Cl)cn1)C1CCCN(C(=O)c2c[nH]c3ccc([N+](=O)[O-])cc23)C1. The van der Waals surface area contributed by atoms with Gasteiger partial charge in [-0.25, -0.2) is 4.98 Å². The van der Waals surface area contributed by atoms with Crippen LogP contribution in [0, 0.1) is 16.0 Å². The van der Waals surface area contributed by atoms with Crippen LogP contribution in [0.1, 0.15) is 23.2 Å². The second-order valence-corrected chi connectivity index (χ2v) is 7.57. The number of H-pyrrole nitrogens is 1. The molecule has 0 bridgehead atoms. The van der Waals surface area contributed by atoms with Gasteiger partial charge in [-0.2, -0.15) is 0 Å². The summed E-state index contributed by atoms with van der Waals surface area (Å²) < 4.78 is 0. The Kier molecular flexibility index (Phi) is 5.37. The summed E-state index contributed by atoms with van der Waals surface area (Å²) in [5.74, 6) is -0.447. The number of nitro benzene ring substituents is 1. The standard InChI is InChI=1S/C20H18ClN5O4/c21-13-3-6-18(23-9-13)24-19(27)12-2-1-7-25(11-12)20(28)16-10-22-17-5-4-14(26(29)30)8-15(16)17/h3-6,8-10,12,22H,1-2,7,11H2,(H,23,24,27). The molecular formula is C20H18ClN5O4. The number of anilines is 1. The Labute approximate surface area is 176 Å². The Morgan fingerprint density at radius 1 is 1.30 bits per heavy atom. The predicted octanol–water partition coefficient (Wildman–Crippen LogP) is 3.62. The lowest BCUT2D eigenvalue weighted by Gasteiger charge is -2.32. The number of benzene rings is 1. The fraction of sp³-hybridized carbons (Fsp3) is 0.250. The molecule has 30 heavy (non-hydrogen) atoms. The van der Waals surface area contributed by atoms with Crippen LogP contribution < -0.4 is 5.32 Å². The minimum absolute atomic E-state index is 0.0810. The lowest BCUT2D eigenvalue weighted by molar-refractivity contribution is -0.384. The largest absolute Gasteiger partial charge is 0.360 e. The van der Waals surface area contributed by atoms with E-state index in [4.69, 9.17) is 11.6 Å². The number of carbonyl (C=O) groups is 2. The first-order valence-electron chi connectivity index (χ1n) is 9.39. The molecule has 2 aromatic heterocycles. The molecule has 2 amide bonds. The number of likely N-dealkylation sites (tertiary alicyclic amines) is 1. The molecular weight excluding hydrogens is 410 g/mol. The van der Waals surface area contributed by atoms with E-state index in [1.54, 1.807) is 29.3 Å². The van der Waals surface area contributed by atoms with E-state index in [1.807, 2.05) is 0 Å². The third kappa shape index (κ3) is 3.97. The van der Waals surface area contributed by atoms with Gasteiger partial charge in [-0.15, -0.1) is 0 Å². The molecule has 1 aliphatic heterocycles. The van der Waals surface area contributed by atoms with Crippen LogP contribution in [0.5, 0.6) is 0 Å². The smallest absolute Gasteiger partial charge is 0.270 e. The number of hydrogen-bond donors (Lipinski definition) is 2. The summed E-state index contributed by atoms with van der Waals surface area (Å²) in [6, 6.07) is 7.61. The van der Waals surface area contributed by atoms with Crippen molar-refractivity contribution in [2.24, 2.45) is 5.92 Å². The van der Waals surface area contributed by atoms with Crippen molar-refractivity contribution < 1.29 is 14.5 Å². The predicted molar refractivity (Wildman–Crippen MR) is 111 cm³/mol. The zero-order chi connectivity index (χ0) is 21.3. The molecule has 1 aromatic carbocycles. The van der Waals surface area contributed by atoms with E-state index in [1.165, 1.54) is 18.3 Å². The molecule has 2 N–H and O–H groups in total. The number of nitro groups is 1. The molecule has 10 heteroatoms. The molecule has 9 nitrogen and oxygen atoms in total. The van der Waals surface area contributed by atoms with E-state index < -0.39 is 4.92 Å². The maximum absolute atomic E-state index is 13.1. The number of nitrogens with zero attached hydrogens (tertiary/aromatic N) is 3. The van der Waals surface area contributed by atoms with Crippen molar-refractivity contribution in [3.8, 4) is 0 Å². The molecule has 3 aromatic rings. The monoisotopic (exact) mass is 427 g/mol. The van der Waals surface area contributed by atoms with Crippen molar-refractivity contribution in [1.29, 1.82) is 0 Å². The van der Waals surface area contributed by atoms with Gasteiger partial charge >= 0.3 is 0 Å². The van der Waals surface area contributed by atoms with Crippen LogP contribution in [0.25, 0.3) is 10.9 Å². The van der Waals surface area contributed by atoms with Gasteiger partial charge in [0.25, 0.3) is 11.6 Å². The van der Waals surface area contributed by atoms with Gasteiger partial charge < -0.3 is 15.2 Å². The van der Waals surface area contributed by atoms with Crippen molar-refractivity contribution in [3.05, 3.63) is 63.4 Å². The Balaban J connectivity index is 1.50. The van der Waals surface area contributed by atoms with Crippen LogP contribution >= 0.6 is 11.6 Å². The highest BCUT2D eigenvalue weighted by atomic mass is 35.5. The summed E-state index contributed by atoms with van der Waals surface area (Å²) in [5, 5.41) is 14.8. The minimum Gasteiger partial charge on any atom is -0.360 e. The highest BCUT2D eigenvalue weighted by Crippen LogP contribution is 2.27. The number of halogens is 1. The van der Waals surface area contributed by atoms with Crippen LogP contribution in [0.15, 0.2) is 42.7 Å². The van der Waals surface area contributed by atoms with Crippen molar-refractivity contribution in [3.63, 3.8) is 0 Å². The number of nitrogens with one attached hydrogen (secondary N) is 2. The van der Waals surface area contributed by atoms with Crippen LogP contribution in [0.4, 0.5) is 11.5 Å². The molecule has 1 fully saturated rings. The molecule has 0 saturated carbocycles. The Hall–Kier alpha value is -3.46. The van der Waals surface area contributed by atoms with E-state index in [-0.39, 0.29) is 30.0 Å². The van der Waals surface area contributed by atoms with Crippen LogP contribution in [0.2, 0.25) is 5.02 Å². The molecule has 3 heterocycles. The van der Waals surface area contributed by atoms with Crippen LogP contribution in [-0.4, -0.2) is 44.7 Å². The molecule has 154 valence electrons. The van der Waals surface area contributed by atoms with E-state index in [2.05, 4.69) is 15.3 Å². The number of fused-ring (bicyclic) bond motifs is 1. The summed E-state index contributed by atoms with van der Waals surface area (Å²) in [4.78, 5) is 45.0. The van der Waals surface area contributed by atoms with Crippen molar-refractivity contribution in [2.75, 3.05) is 18.4 Å². The Bertz CT molecular complexity index is 1130. The molecule has 1 atom stereocenters. The summed E-state index contributed by atoms with van der Waals surface area (Å²) in [6.07, 6.45) is 4.34. The third-order valence-corrected chi connectivity index (χ3v) is 5.39. The normalized spacial score (nSPS) is 16.4. The number of amides is 2.